The van der Waals surface area contributed by atoms with Crippen LogP contribution in [0.1, 0.15) is 29.7 Å². The zero-order chi connectivity index (χ0) is 10.7. The lowest BCUT2D eigenvalue weighted by Gasteiger charge is -2.26. The molecule has 0 aromatic carbocycles. The van der Waals surface area contributed by atoms with E-state index in [1.165, 1.54) is 9.88 Å². The molecule has 84 valence electrons. The lowest BCUT2D eigenvalue weighted by molar-refractivity contribution is 0.233. The van der Waals surface area contributed by atoms with Gasteiger partial charge in [0.25, 0.3) is 0 Å². The molecular weight excluding hydrogens is 206 g/mol. The Kier molecular flexibility index (Phi) is 3.72. The van der Waals surface area contributed by atoms with Gasteiger partial charge in [-0.15, -0.1) is 11.3 Å². The van der Waals surface area contributed by atoms with E-state index in [0.717, 1.165) is 32.7 Å². The first-order valence-corrected chi connectivity index (χ1v) is 6.45. The summed E-state index contributed by atoms with van der Waals surface area (Å²) >= 11 is 1.86. The molecule has 1 N–H and O–H groups in total. The highest BCUT2D eigenvalue weighted by molar-refractivity contribution is 7.11. The van der Waals surface area contributed by atoms with Gasteiger partial charge in [-0.05, 0) is 5.92 Å². The summed E-state index contributed by atoms with van der Waals surface area (Å²) in [5.41, 5.74) is 0. The van der Waals surface area contributed by atoms with E-state index in [2.05, 4.69) is 29.0 Å². The zero-order valence-electron chi connectivity index (χ0n) is 9.49. The number of hydrogen-bond donors (Lipinski definition) is 1. The summed E-state index contributed by atoms with van der Waals surface area (Å²) in [4.78, 5) is 8.36. The predicted octanol–water partition coefficient (Wildman–Crippen LogP) is 1.67. The fourth-order valence-electron chi connectivity index (χ4n) is 1.72. The molecule has 0 spiro atoms. The summed E-state index contributed by atoms with van der Waals surface area (Å²) in [7, 11) is 0. The molecule has 1 aliphatic heterocycles. The molecule has 1 aromatic rings. The van der Waals surface area contributed by atoms with E-state index in [4.69, 9.17) is 0 Å². The van der Waals surface area contributed by atoms with Crippen molar-refractivity contribution in [2.24, 2.45) is 0 Å². The van der Waals surface area contributed by atoms with E-state index in [1.54, 1.807) is 0 Å². The van der Waals surface area contributed by atoms with Gasteiger partial charge in [-0.3, -0.25) is 4.90 Å². The minimum absolute atomic E-state index is 0.610. The van der Waals surface area contributed by atoms with Gasteiger partial charge in [0.1, 0.15) is 5.01 Å². The summed E-state index contributed by atoms with van der Waals surface area (Å²) < 4.78 is 0. The van der Waals surface area contributed by atoms with Crippen molar-refractivity contribution in [2.75, 3.05) is 26.2 Å². The van der Waals surface area contributed by atoms with Gasteiger partial charge < -0.3 is 5.32 Å². The van der Waals surface area contributed by atoms with E-state index >= 15 is 0 Å². The second-order valence-corrected chi connectivity index (χ2v) is 5.48. The lowest BCUT2D eigenvalue weighted by Crippen LogP contribution is -2.42. The second kappa shape index (κ2) is 5.05. The molecule has 1 saturated heterocycles. The standard InChI is InChI=1S/C11H19N3S/c1-9(2)10-7-13-11(15-10)8-14-5-3-12-4-6-14/h7,9,12H,3-6,8H2,1-2H3. The Morgan fingerprint density at radius 1 is 1.47 bits per heavy atom. The maximum Gasteiger partial charge on any atom is 0.107 e. The minimum atomic E-state index is 0.610. The lowest BCUT2D eigenvalue weighted by atomic mass is 10.2. The molecular formula is C11H19N3S. The zero-order valence-corrected chi connectivity index (χ0v) is 10.3. The highest BCUT2D eigenvalue weighted by Gasteiger charge is 2.12. The van der Waals surface area contributed by atoms with Crippen LogP contribution in [0.5, 0.6) is 0 Å². The van der Waals surface area contributed by atoms with Gasteiger partial charge in [-0.1, -0.05) is 13.8 Å². The van der Waals surface area contributed by atoms with E-state index in [-0.39, 0.29) is 0 Å². The van der Waals surface area contributed by atoms with Crippen LogP contribution < -0.4 is 5.32 Å². The summed E-state index contributed by atoms with van der Waals surface area (Å²) in [5, 5.41) is 4.63. The molecule has 15 heavy (non-hydrogen) atoms. The van der Waals surface area contributed by atoms with E-state index < -0.39 is 0 Å². The van der Waals surface area contributed by atoms with E-state index in [9.17, 15) is 0 Å². The fourth-order valence-corrected chi connectivity index (χ4v) is 2.69. The maximum absolute atomic E-state index is 4.49. The number of aromatic nitrogens is 1. The van der Waals surface area contributed by atoms with Crippen molar-refractivity contribution in [1.82, 2.24) is 15.2 Å². The van der Waals surface area contributed by atoms with Crippen LogP contribution in [0.4, 0.5) is 0 Å². The number of nitrogens with one attached hydrogen (secondary N) is 1. The number of thiazole rings is 1. The normalized spacial score (nSPS) is 18.6. The Balaban J connectivity index is 1.91. The van der Waals surface area contributed by atoms with Crippen LogP contribution in [0.3, 0.4) is 0 Å². The predicted molar refractivity (Wildman–Crippen MR) is 64.3 cm³/mol. The third-order valence-corrected chi connectivity index (χ3v) is 3.99. The van der Waals surface area contributed by atoms with Gasteiger partial charge in [0.05, 0.1) is 6.54 Å². The van der Waals surface area contributed by atoms with Crippen LogP contribution in [-0.4, -0.2) is 36.1 Å². The van der Waals surface area contributed by atoms with Crippen molar-refractivity contribution < 1.29 is 0 Å². The van der Waals surface area contributed by atoms with Crippen molar-refractivity contribution in [2.45, 2.75) is 26.3 Å². The molecule has 1 fully saturated rings. The topological polar surface area (TPSA) is 28.2 Å². The van der Waals surface area contributed by atoms with Crippen LogP contribution in [0.25, 0.3) is 0 Å². The van der Waals surface area contributed by atoms with E-state index in [1.807, 2.05) is 17.5 Å². The molecule has 3 nitrogen and oxygen atoms in total. The Morgan fingerprint density at radius 3 is 2.80 bits per heavy atom. The monoisotopic (exact) mass is 225 g/mol. The Labute approximate surface area is 95.5 Å². The van der Waals surface area contributed by atoms with Crippen LogP contribution in [0, 0.1) is 0 Å². The summed E-state index contributed by atoms with van der Waals surface area (Å²) in [6, 6.07) is 0. The van der Waals surface area contributed by atoms with Crippen LogP contribution in [0.2, 0.25) is 0 Å². The van der Waals surface area contributed by atoms with Crippen molar-refractivity contribution in [3.63, 3.8) is 0 Å². The summed E-state index contributed by atoms with van der Waals surface area (Å²) in [6.07, 6.45) is 2.03. The quantitative estimate of drug-likeness (QED) is 0.848. The fraction of sp³-hybridized carbons (Fsp3) is 0.727. The van der Waals surface area contributed by atoms with Gasteiger partial charge in [0.2, 0.25) is 0 Å². The van der Waals surface area contributed by atoms with Crippen LogP contribution in [0.15, 0.2) is 6.20 Å². The number of piperazine rings is 1. The first-order valence-electron chi connectivity index (χ1n) is 5.63. The molecule has 2 heterocycles. The first-order chi connectivity index (χ1) is 7.25. The van der Waals surface area contributed by atoms with Crippen LogP contribution in [-0.2, 0) is 6.54 Å². The number of rotatable bonds is 3. The van der Waals surface area contributed by atoms with Gasteiger partial charge in [-0.2, -0.15) is 0 Å². The average molecular weight is 225 g/mol. The molecule has 0 saturated carbocycles. The van der Waals surface area contributed by atoms with Gasteiger partial charge >= 0.3 is 0 Å². The molecule has 0 bridgehead atoms. The smallest absolute Gasteiger partial charge is 0.107 e. The molecule has 2 rings (SSSR count). The minimum Gasteiger partial charge on any atom is -0.314 e. The van der Waals surface area contributed by atoms with Crippen LogP contribution >= 0.6 is 11.3 Å². The average Bonchev–Trinajstić information content (AvgIpc) is 2.68. The third kappa shape index (κ3) is 3.00. The highest BCUT2D eigenvalue weighted by atomic mass is 32.1. The van der Waals surface area contributed by atoms with E-state index in [0.29, 0.717) is 5.92 Å². The van der Waals surface area contributed by atoms with Crippen molar-refractivity contribution >= 4 is 11.3 Å². The Morgan fingerprint density at radius 2 is 2.20 bits per heavy atom. The van der Waals surface area contributed by atoms with Gasteiger partial charge in [0.15, 0.2) is 0 Å². The largest absolute Gasteiger partial charge is 0.314 e. The molecule has 0 amide bonds. The summed E-state index contributed by atoms with van der Waals surface area (Å²) in [5.74, 6) is 0.610. The maximum atomic E-state index is 4.49. The molecule has 0 radical (unpaired) electrons. The third-order valence-electron chi connectivity index (χ3n) is 2.71. The molecule has 1 aromatic heterocycles. The molecule has 1 aliphatic rings. The van der Waals surface area contributed by atoms with Gasteiger partial charge in [0, 0.05) is 37.3 Å². The molecule has 4 heteroatoms. The van der Waals surface area contributed by atoms with Gasteiger partial charge in [-0.25, -0.2) is 4.98 Å². The molecule has 0 unspecified atom stereocenters. The number of nitrogens with zero attached hydrogens (tertiary/aromatic N) is 2. The second-order valence-electron chi connectivity index (χ2n) is 4.34. The highest BCUT2D eigenvalue weighted by Crippen LogP contribution is 2.22. The summed E-state index contributed by atoms with van der Waals surface area (Å²) in [6.45, 7) is 10.0. The SMILES string of the molecule is CC(C)c1cnc(CN2CCNCC2)s1. The molecule has 0 aliphatic carbocycles. The van der Waals surface area contributed by atoms with Crippen molar-refractivity contribution in [3.8, 4) is 0 Å². The number of hydrogen-bond acceptors (Lipinski definition) is 4. The van der Waals surface area contributed by atoms with Crippen molar-refractivity contribution in [1.29, 1.82) is 0 Å². The Bertz CT molecular complexity index is 303. The first kappa shape index (κ1) is 11.0. The van der Waals surface area contributed by atoms with Crippen molar-refractivity contribution in [3.05, 3.63) is 16.1 Å². The Hall–Kier alpha value is -0.450. The molecule has 0 atom stereocenters.